The molecule has 0 atom stereocenters. The van der Waals surface area contributed by atoms with E-state index in [2.05, 4.69) is 9.97 Å². The van der Waals surface area contributed by atoms with Crippen LogP contribution in [0.4, 0.5) is 0 Å². The molecule has 0 saturated heterocycles. The fraction of sp³-hybridized carbons (Fsp3) is 0.308. The van der Waals surface area contributed by atoms with Gasteiger partial charge >= 0.3 is 5.69 Å². The van der Waals surface area contributed by atoms with Crippen molar-refractivity contribution in [3.8, 4) is 17.0 Å². The lowest BCUT2D eigenvalue weighted by molar-refractivity contribution is 0.415. The Morgan fingerprint density at radius 2 is 2.00 bits per heavy atom. The number of methoxy groups -OCH3 is 1. The molecule has 0 saturated carbocycles. The number of aromatic nitrogens is 2. The molecule has 4 heteroatoms. The van der Waals surface area contributed by atoms with Crippen LogP contribution in [0.5, 0.6) is 5.75 Å². The van der Waals surface area contributed by atoms with Gasteiger partial charge in [0.25, 0.3) is 0 Å². The Kier molecular flexibility index (Phi) is 3.04. The number of imidazole rings is 1. The van der Waals surface area contributed by atoms with Crippen molar-refractivity contribution in [3.05, 3.63) is 40.4 Å². The number of benzene rings is 1. The van der Waals surface area contributed by atoms with Crippen LogP contribution in [-0.4, -0.2) is 17.1 Å². The van der Waals surface area contributed by atoms with Crippen LogP contribution >= 0.6 is 0 Å². The Hall–Kier alpha value is -1.97. The van der Waals surface area contributed by atoms with Gasteiger partial charge in [0.2, 0.25) is 0 Å². The van der Waals surface area contributed by atoms with E-state index in [9.17, 15) is 4.79 Å². The van der Waals surface area contributed by atoms with Crippen molar-refractivity contribution in [1.82, 2.24) is 9.97 Å². The number of H-pyrrole nitrogens is 2. The first-order chi connectivity index (χ1) is 8.11. The molecule has 1 aromatic carbocycles. The summed E-state index contributed by atoms with van der Waals surface area (Å²) >= 11 is 0. The summed E-state index contributed by atoms with van der Waals surface area (Å²) in [5.74, 6) is 1.04. The van der Waals surface area contributed by atoms with Crippen molar-refractivity contribution < 1.29 is 4.74 Å². The number of hydrogen-bond donors (Lipinski definition) is 2. The van der Waals surface area contributed by atoms with Crippen LogP contribution in [0, 0.1) is 0 Å². The van der Waals surface area contributed by atoms with E-state index in [1.165, 1.54) is 0 Å². The highest BCUT2D eigenvalue weighted by Gasteiger charge is 2.12. The summed E-state index contributed by atoms with van der Waals surface area (Å²) in [6.45, 7) is 4.09. The maximum Gasteiger partial charge on any atom is 0.323 e. The molecule has 0 fully saturated rings. The Bertz CT molecular complexity index is 567. The van der Waals surface area contributed by atoms with Gasteiger partial charge in [0.15, 0.2) is 0 Å². The van der Waals surface area contributed by atoms with Crippen LogP contribution in [0.15, 0.2) is 29.1 Å². The van der Waals surface area contributed by atoms with Crippen LogP contribution in [0.3, 0.4) is 0 Å². The summed E-state index contributed by atoms with van der Waals surface area (Å²) in [4.78, 5) is 17.1. The number of aromatic amines is 2. The Labute approximate surface area is 99.7 Å². The second kappa shape index (κ2) is 4.49. The second-order valence-corrected chi connectivity index (χ2v) is 4.25. The van der Waals surface area contributed by atoms with Crippen molar-refractivity contribution >= 4 is 0 Å². The van der Waals surface area contributed by atoms with E-state index in [1.54, 1.807) is 7.11 Å². The molecule has 0 aliphatic heterocycles. The first-order valence-electron chi connectivity index (χ1n) is 5.58. The molecule has 90 valence electrons. The maximum atomic E-state index is 11.4. The zero-order valence-corrected chi connectivity index (χ0v) is 10.2. The molecule has 0 radical (unpaired) electrons. The molecule has 2 aromatic rings. The predicted molar refractivity (Wildman–Crippen MR) is 67.5 cm³/mol. The summed E-state index contributed by atoms with van der Waals surface area (Å²) in [6, 6.07) is 7.64. The van der Waals surface area contributed by atoms with Crippen LogP contribution in [0.2, 0.25) is 0 Å². The van der Waals surface area contributed by atoms with Gasteiger partial charge in [-0.3, -0.25) is 0 Å². The van der Waals surface area contributed by atoms with Gasteiger partial charge in [-0.2, -0.15) is 0 Å². The van der Waals surface area contributed by atoms with Crippen molar-refractivity contribution in [2.75, 3.05) is 7.11 Å². The van der Waals surface area contributed by atoms with E-state index >= 15 is 0 Å². The van der Waals surface area contributed by atoms with Crippen molar-refractivity contribution in [3.63, 3.8) is 0 Å². The van der Waals surface area contributed by atoms with Gasteiger partial charge < -0.3 is 14.7 Å². The van der Waals surface area contributed by atoms with E-state index < -0.39 is 0 Å². The van der Waals surface area contributed by atoms with Gasteiger partial charge in [0.1, 0.15) is 5.75 Å². The van der Waals surface area contributed by atoms with Crippen LogP contribution in [0.25, 0.3) is 11.3 Å². The van der Waals surface area contributed by atoms with E-state index in [-0.39, 0.29) is 11.6 Å². The average Bonchev–Trinajstić information content (AvgIpc) is 2.72. The zero-order chi connectivity index (χ0) is 12.4. The Balaban J connectivity index is 2.55. The molecule has 0 aliphatic carbocycles. The zero-order valence-electron chi connectivity index (χ0n) is 10.2. The van der Waals surface area contributed by atoms with Gasteiger partial charge in [-0.05, 0) is 18.1 Å². The van der Waals surface area contributed by atoms with Crippen LogP contribution < -0.4 is 10.4 Å². The molecule has 1 heterocycles. The minimum absolute atomic E-state index is 0.175. The van der Waals surface area contributed by atoms with E-state index in [1.807, 2.05) is 38.1 Å². The monoisotopic (exact) mass is 232 g/mol. The minimum Gasteiger partial charge on any atom is -0.497 e. The Morgan fingerprint density at radius 1 is 1.24 bits per heavy atom. The highest BCUT2D eigenvalue weighted by atomic mass is 16.5. The maximum absolute atomic E-state index is 11.4. The summed E-state index contributed by atoms with van der Waals surface area (Å²) in [7, 11) is 1.63. The SMILES string of the molecule is COc1cccc(-c2[nH]c(=O)[nH]c2C(C)C)c1. The normalized spacial score (nSPS) is 10.8. The smallest absolute Gasteiger partial charge is 0.323 e. The molecule has 0 aliphatic rings. The lowest BCUT2D eigenvalue weighted by Gasteiger charge is -2.07. The lowest BCUT2D eigenvalue weighted by atomic mass is 10.0. The number of nitrogens with one attached hydrogen (secondary N) is 2. The van der Waals surface area contributed by atoms with E-state index in [0.717, 1.165) is 22.7 Å². The topological polar surface area (TPSA) is 57.9 Å². The summed E-state index contributed by atoms with van der Waals surface area (Å²) in [6.07, 6.45) is 0. The number of rotatable bonds is 3. The second-order valence-electron chi connectivity index (χ2n) is 4.25. The first-order valence-corrected chi connectivity index (χ1v) is 5.58. The van der Waals surface area contributed by atoms with Crippen LogP contribution in [-0.2, 0) is 0 Å². The Morgan fingerprint density at radius 3 is 2.65 bits per heavy atom. The first kappa shape index (κ1) is 11.5. The van der Waals surface area contributed by atoms with E-state index in [0.29, 0.717) is 0 Å². The van der Waals surface area contributed by atoms with Gasteiger partial charge in [-0.25, -0.2) is 4.79 Å². The minimum atomic E-state index is -0.175. The highest BCUT2D eigenvalue weighted by Crippen LogP contribution is 2.27. The molecule has 0 bridgehead atoms. The third kappa shape index (κ3) is 2.25. The largest absolute Gasteiger partial charge is 0.497 e. The molecule has 0 spiro atoms. The number of ether oxygens (including phenoxy) is 1. The molecule has 2 rings (SSSR count). The highest BCUT2D eigenvalue weighted by molar-refractivity contribution is 5.64. The molecule has 2 N–H and O–H groups in total. The fourth-order valence-corrected chi connectivity index (χ4v) is 1.84. The van der Waals surface area contributed by atoms with Crippen molar-refractivity contribution in [1.29, 1.82) is 0 Å². The molecule has 17 heavy (non-hydrogen) atoms. The molecule has 1 aromatic heterocycles. The molecule has 4 nitrogen and oxygen atoms in total. The van der Waals surface area contributed by atoms with Gasteiger partial charge in [0, 0.05) is 11.3 Å². The average molecular weight is 232 g/mol. The summed E-state index contributed by atoms with van der Waals surface area (Å²) in [5, 5.41) is 0. The quantitative estimate of drug-likeness (QED) is 0.854. The van der Waals surface area contributed by atoms with Crippen molar-refractivity contribution in [2.45, 2.75) is 19.8 Å². The molecule has 0 unspecified atom stereocenters. The molecular formula is C13H16N2O2. The molecular weight excluding hydrogens is 216 g/mol. The van der Waals surface area contributed by atoms with E-state index in [4.69, 9.17) is 4.74 Å². The fourth-order valence-electron chi connectivity index (χ4n) is 1.84. The third-order valence-corrected chi connectivity index (χ3v) is 2.69. The predicted octanol–water partition coefficient (Wildman–Crippen LogP) is 2.50. The van der Waals surface area contributed by atoms with Gasteiger partial charge in [-0.15, -0.1) is 0 Å². The van der Waals surface area contributed by atoms with Gasteiger partial charge in [-0.1, -0.05) is 26.0 Å². The third-order valence-electron chi connectivity index (χ3n) is 2.69. The standard InChI is InChI=1S/C13H16N2O2/c1-8(2)11-12(15-13(16)14-11)9-5-4-6-10(7-9)17-3/h4-8H,1-3H3,(H2,14,15,16). The van der Waals surface area contributed by atoms with Gasteiger partial charge in [0.05, 0.1) is 12.8 Å². The van der Waals surface area contributed by atoms with Crippen LogP contribution in [0.1, 0.15) is 25.5 Å². The summed E-state index contributed by atoms with van der Waals surface area (Å²) < 4.78 is 5.18. The van der Waals surface area contributed by atoms with Crippen molar-refractivity contribution in [2.24, 2.45) is 0 Å². The lowest BCUT2D eigenvalue weighted by Crippen LogP contribution is -2.01. The molecule has 0 amide bonds. The number of hydrogen-bond acceptors (Lipinski definition) is 2. The summed E-state index contributed by atoms with van der Waals surface area (Å²) in [5.41, 5.74) is 2.53.